The average molecular weight is 408 g/mol. The maximum atomic E-state index is 13.0. The van der Waals surface area contributed by atoms with Crippen LogP contribution in [0, 0.1) is 0 Å². The Balaban J connectivity index is 1.71. The summed E-state index contributed by atoms with van der Waals surface area (Å²) in [5.74, 6) is 0.244. The van der Waals surface area contributed by atoms with Gasteiger partial charge in [0.2, 0.25) is 11.7 Å². The number of anilines is 1. The maximum absolute atomic E-state index is 13.0. The first-order valence-electron chi connectivity index (χ1n) is 8.07. The Bertz CT molecular complexity index is 968. The first-order chi connectivity index (χ1) is 13.4. The SMILES string of the molecule is C=CCn1c(SCC(=O)Nc2ccccc2C(F)(F)F)nnc1-c1ccco1. The number of nitrogens with one attached hydrogen (secondary N) is 1. The normalized spacial score (nSPS) is 11.4. The van der Waals surface area contributed by atoms with Crippen LogP contribution in [0.5, 0.6) is 0 Å². The van der Waals surface area contributed by atoms with Crippen molar-refractivity contribution >= 4 is 23.4 Å². The first-order valence-corrected chi connectivity index (χ1v) is 9.05. The second kappa shape index (κ2) is 8.34. The molecular weight excluding hydrogens is 393 g/mol. The predicted molar refractivity (Wildman–Crippen MR) is 98.7 cm³/mol. The smallest absolute Gasteiger partial charge is 0.418 e. The first kappa shape index (κ1) is 19.7. The van der Waals surface area contributed by atoms with Gasteiger partial charge in [0.15, 0.2) is 10.9 Å². The monoisotopic (exact) mass is 408 g/mol. The molecule has 3 aromatic rings. The minimum absolute atomic E-state index is 0.139. The number of alkyl halides is 3. The van der Waals surface area contributed by atoms with Crippen LogP contribution in [0.15, 0.2) is 64.9 Å². The summed E-state index contributed by atoms with van der Waals surface area (Å²) in [6, 6.07) is 8.24. The van der Waals surface area contributed by atoms with E-state index in [9.17, 15) is 18.0 Å². The number of hydrogen-bond acceptors (Lipinski definition) is 5. The van der Waals surface area contributed by atoms with Gasteiger partial charge < -0.3 is 9.73 Å². The van der Waals surface area contributed by atoms with Crippen LogP contribution in [-0.4, -0.2) is 26.4 Å². The molecule has 1 aromatic carbocycles. The Kier molecular flexibility index (Phi) is 5.88. The summed E-state index contributed by atoms with van der Waals surface area (Å²) in [4.78, 5) is 12.2. The van der Waals surface area contributed by atoms with E-state index in [1.807, 2.05) is 0 Å². The van der Waals surface area contributed by atoms with Crippen LogP contribution in [0.25, 0.3) is 11.6 Å². The fourth-order valence-corrected chi connectivity index (χ4v) is 3.18. The zero-order valence-electron chi connectivity index (χ0n) is 14.4. The highest BCUT2D eigenvalue weighted by Crippen LogP contribution is 2.34. The number of hydrogen-bond donors (Lipinski definition) is 1. The largest absolute Gasteiger partial charge is 0.461 e. The lowest BCUT2D eigenvalue weighted by atomic mass is 10.1. The molecule has 2 aromatic heterocycles. The van der Waals surface area contributed by atoms with Crippen molar-refractivity contribution in [3.63, 3.8) is 0 Å². The molecule has 10 heteroatoms. The lowest BCUT2D eigenvalue weighted by Gasteiger charge is -2.13. The van der Waals surface area contributed by atoms with E-state index in [2.05, 4.69) is 22.1 Å². The Hall–Kier alpha value is -3.01. The Morgan fingerprint density at radius 3 is 2.71 bits per heavy atom. The standard InChI is InChI=1S/C18H15F3N4O2S/c1-2-9-25-16(14-8-5-10-27-14)23-24-17(25)28-11-15(26)22-13-7-4-3-6-12(13)18(19,20)21/h2-8,10H,1,9,11H2,(H,22,26). The molecule has 1 N–H and O–H groups in total. The van der Waals surface area contributed by atoms with E-state index in [0.717, 1.165) is 17.8 Å². The quantitative estimate of drug-likeness (QED) is 0.461. The second-order valence-corrected chi connectivity index (χ2v) is 6.51. The molecule has 0 unspecified atom stereocenters. The molecule has 0 radical (unpaired) electrons. The number of para-hydroxylation sites is 1. The van der Waals surface area contributed by atoms with Crippen molar-refractivity contribution < 1.29 is 22.4 Å². The molecule has 0 fully saturated rings. The van der Waals surface area contributed by atoms with Gasteiger partial charge in [-0.3, -0.25) is 9.36 Å². The zero-order valence-corrected chi connectivity index (χ0v) is 15.3. The van der Waals surface area contributed by atoms with Crippen molar-refractivity contribution in [2.45, 2.75) is 17.9 Å². The highest BCUT2D eigenvalue weighted by atomic mass is 32.2. The summed E-state index contributed by atoms with van der Waals surface area (Å²) >= 11 is 1.05. The van der Waals surface area contributed by atoms with Crippen LogP contribution in [0.1, 0.15) is 5.56 Å². The van der Waals surface area contributed by atoms with Gasteiger partial charge in [-0.25, -0.2) is 0 Å². The third kappa shape index (κ3) is 4.45. The van der Waals surface area contributed by atoms with E-state index >= 15 is 0 Å². The summed E-state index contributed by atoms with van der Waals surface area (Å²) in [6.45, 7) is 4.06. The maximum Gasteiger partial charge on any atom is 0.418 e. The van der Waals surface area contributed by atoms with Crippen molar-refractivity contribution in [1.82, 2.24) is 14.8 Å². The van der Waals surface area contributed by atoms with Gasteiger partial charge in [0.05, 0.1) is 23.3 Å². The minimum Gasteiger partial charge on any atom is -0.461 e. The number of thioether (sulfide) groups is 1. The van der Waals surface area contributed by atoms with Gasteiger partial charge >= 0.3 is 6.18 Å². The molecule has 0 aliphatic heterocycles. The third-order valence-corrected chi connectivity index (χ3v) is 4.58. The van der Waals surface area contributed by atoms with Crippen LogP contribution in [0.2, 0.25) is 0 Å². The molecule has 1 amide bonds. The number of amides is 1. The average Bonchev–Trinajstić information content (AvgIpc) is 3.29. The molecule has 6 nitrogen and oxygen atoms in total. The molecule has 2 heterocycles. The molecule has 3 rings (SSSR count). The number of benzene rings is 1. The van der Waals surface area contributed by atoms with Gasteiger partial charge in [0.1, 0.15) is 0 Å². The Morgan fingerprint density at radius 1 is 1.25 bits per heavy atom. The Labute approximate surface area is 162 Å². The van der Waals surface area contributed by atoms with E-state index in [1.54, 1.807) is 22.8 Å². The van der Waals surface area contributed by atoms with Crippen LogP contribution in [0.3, 0.4) is 0 Å². The molecule has 0 aliphatic rings. The summed E-state index contributed by atoms with van der Waals surface area (Å²) < 4.78 is 46.1. The molecule has 0 atom stereocenters. The lowest BCUT2D eigenvalue weighted by Crippen LogP contribution is -2.18. The number of rotatable bonds is 7. The van der Waals surface area contributed by atoms with Gasteiger partial charge in [-0.2, -0.15) is 13.2 Å². The predicted octanol–water partition coefficient (Wildman–Crippen LogP) is 4.47. The number of halogens is 3. The zero-order chi connectivity index (χ0) is 20.1. The molecule has 28 heavy (non-hydrogen) atoms. The summed E-state index contributed by atoms with van der Waals surface area (Å²) in [5, 5.41) is 10.8. The number of carbonyl (C=O) groups is 1. The molecule has 0 bridgehead atoms. The van der Waals surface area contributed by atoms with Crippen LogP contribution < -0.4 is 5.32 Å². The fourth-order valence-electron chi connectivity index (χ4n) is 2.43. The van der Waals surface area contributed by atoms with Crippen LogP contribution >= 0.6 is 11.8 Å². The molecule has 146 valence electrons. The molecule has 0 saturated heterocycles. The number of carbonyl (C=O) groups excluding carboxylic acids is 1. The highest BCUT2D eigenvalue weighted by molar-refractivity contribution is 7.99. The van der Waals surface area contributed by atoms with Crippen molar-refractivity contribution in [3.8, 4) is 11.6 Å². The highest BCUT2D eigenvalue weighted by Gasteiger charge is 2.33. The molecule has 0 spiro atoms. The van der Waals surface area contributed by atoms with Gasteiger partial charge in [0, 0.05) is 6.54 Å². The number of allylic oxidation sites excluding steroid dienone is 1. The second-order valence-electron chi connectivity index (χ2n) is 5.56. The van der Waals surface area contributed by atoms with Crippen molar-refractivity contribution in [2.75, 3.05) is 11.1 Å². The third-order valence-electron chi connectivity index (χ3n) is 3.61. The van der Waals surface area contributed by atoms with Gasteiger partial charge in [-0.1, -0.05) is 30.0 Å². The lowest BCUT2D eigenvalue weighted by molar-refractivity contribution is -0.137. The molecule has 0 aliphatic carbocycles. The molecular formula is C18H15F3N4O2S. The fraction of sp³-hybridized carbons (Fsp3) is 0.167. The van der Waals surface area contributed by atoms with Gasteiger partial charge in [-0.15, -0.1) is 16.8 Å². The van der Waals surface area contributed by atoms with Crippen molar-refractivity contribution in [2.24, 2.45) is 0 Å². The molecule has 0 saturated carbocycles. The van der Waals surface area contributed by atoms with E-state index < -0.39 is 17.6 Å². The van der Waals surface area contributed by atoms with Crippen molar-refractivity contribution in [1.29, 1.82) is 0 Å². The summed E-state index contributed by atoms with van der Waals surface area (Å²) in [6.07, 6.45) is -1.42. The summed E-state index contributed by atoms with van der Waals surface area (Å²) in [7, 11) is 0. The van der Waals surface area contributed by atoms with Gasteiger partial charge in [0.25, 0.3) is 0 Å². The van der Waals surface area contributed by atoms with Crippen LogP contribution in [0.4, 0.5) is 18.9 Å². The van der Waals surface area contributed by atoms with E-state index in [-0.39, 0.29) is 11.4 Å². The minimum atomic E-state index is -4.56. The summed E-state index contributed by atoms with van der Waals surface area (Å²) in [5.41, 5.74) is -1.19. The topological polar surface area (TPSA) is 73.0 Å². The number of nitrogens with zero attached hydrogens (tertiary/aromatic N) is 3. The number of furan rings is 1. The van der Waals surface area contributed by atoms with Crippen LogP contribution in [-0.2, 0) is 17.5 Å². The Morgan fingerprint density at radius 2 is 2.04 bits per heavy atom. The van der Waals surface area contributed by atoms with Crippen molar-refractivity contribution in [3.05, 3.63) is 60.9 Å². The van der Waals surface area contributed by atoms with E-state index in [0.29, 0.717) is 23.3 Å². The van der Waals surface area contributed by atoms with Gasteiger partial charge in [-0.05, 0) is 24.3 Å². The van der Waals surface area contributed by atoms with E-state index in [4.69, 9.17) is 4.42 Å². The van der Waals surface area contributed by atoms with E-state index in [1.165, 1.54) is 24.5 Å². The number of aromatic nitrogens is 3.